The van der Waals surface area contributed by atoms with Gasteiger partial charge in [0.1, 0.15) is 0 Å². The van der Waals surface area contributed by atoms with E-state index in [-0.39, 0.29) is 11.9 Å². The molecule has 4 nitrogen and oxygen atoms in total. The van der Waals surface area contributed by atoms with Gasteiger partial charge >= 0.3 is 0 Å². The molecule has 1 unspecified atom stereocenters. The van der Waals surface area contributed by atoms with Crippen LogP contribution in [0.2, 0.25) is 0 Å². The highest BCUT2D eigenvalue weighted by atomic mass is 32.1. The van der Waals surface area contributed by atoms with Gasteiger partial charge in [0.2, 0.25) is 5.91 Å². The molecule has 118 valence electrons. The molecule has 1 aromatic heterocycles. The van der Waals surface area contributed by atoms with Crippen molar-refractivity contribution in [2.45, 2.75) is 45.2 Å². The Morgan fingerprint density at radius 3 is 2.76 bits per heavy atom. The first-order valence-corrected chi connectivity index (χ1v) is 8.73. The van der Waals surface area contributed by atoms with Crippen LogP contribution in [0.25, 0.3) is 0 Å². The highest BCUT2D eigenvalue weighted by molar-refractivity contribution is 7.10. The maximum atomic E-state index is 12.8. The molecule has 2 heterocycles. The minimum atomic E-state index is -0.453. The quantitative estimate of drug-likeness (QED) is 0.848. The minimum Gasteiger partial charge on any atom is -0.347 e. The maximum Gasteiger partial charge on any atom is 0.240 e. The molecular weight excluding hydrogens is 282 g/mol. The van der Waals surface area contributed by atoms with E-state index in [0.717, 1.165) is 39.0 Å². The maximum absolute atomic E-state index is 12.8. The van der Waals surface area contributed by atoms with Gasteiger partial charge in [-0.25, -0.2) is 0 Å². The molecule has 0 aromatic carbocycles. The molecule has 21 heavy (non-hydrogen) atoms. The van der Waals surface area contributed by atoms with E-state index in [1.54, 1.807) is 11.3 Å². The summed E-state index contributed by atoms with van der Waals surface area (Å²) in [6.07, 6.45) is 2.06. The third-order valence-corrected chi connectivity index (χ3v) is 5.22. The second-order valence-electron chi connectivity index (χ2n) is 6.13. The van der Waals surface area contributed by atoms with Crippen molar-refractivity contribution in [3.8, 4) is 0 Å². The molecule has 0 spiro atoms. The number of nitrogens with zero attached hydrogens (tertiary/aromatic N) is 1. The summed E-state index contributed by atoms with van der Waals surface area (Å²) in [5, 5.41) is 8.68. The molecule has 1 fully saturated rings. The van der Waals surface area contributed by atoms with Crippen molar-refractivity contribution in [3.05, 3.63) is 22.4 Å². The zero-order chi connectivity index (χ0) is 15.3. The third kappa shape index (κ3) is 4.05. The molecule has 0 aliphatic carbocycles. The SMILES string of the molecule is CCCC(NC(=O)C(C)(C)N1CCNCC1)c1cccs1. The Morgan fingerprint density at radius 1 is 1.48 bits per heavy atom. The fourth-order valence-electron chi connectivity index (χ4n) is 2.77. The summed E-state index contributed by atoms with van der Waals surface area (Å²) >= 11 is 1.72. The van der Waals surface area contributed by atoms with Crippen molar-refractivity contribution >= 4 is 17.2 Å². The average molecular weight is 309 g/mol. The lowest BCUT2D eigenvalue weighted by atomic mass is 9.99. The molecule has 2 rings (SSSR count). The second kappa shape index (κ2) is 7.38. The van der Waals surface area contributed by atoms with Gasteiger partial charge in [-0.2, -0.15) is 0 Å². The fourth-order valence-corrected chi connectivity index (χ4v) is 3.58. The number of carbonyl (C=O) groups is 1. The van der Waals surface area contributed by atoms with Gasteiger partial charge < -0.3 is 10.6 Å². The standard InChI is InChI=1S/C16H27N3OS/c1-4-6-13(14-7-5-12-21-14)18-15(20)16(2,3)19-10-8-17-9-11-19/h5,7,12-13,17H,4,6,8-11H2,1-3H3,(H,18,20). The van der Waals surface area contributed by atoms with Gasteiger partial charge in [-0.3, -0.25) is 9.69 Å². The van der Waals surface area contributed by atoms with Gasteiger partial charge in [0.05, 0.1) is 11.6 Å². The van der Waals surface area contributed by atoms with Gasteiger partial charge in [-0.15, -0.1) is 11.3 Å². The van der Waals surface area contributed by atoms with Crippen LogP contribution in [0, 0.1) is 0 Å². The van der Waals surface area contributed by atoms with E-state index >= 15 is 0 Å². The first-order chi connectivity index (χ1) is 10.1. The number of rotatable bonds is 6. The van der Waals surface area contributed by atoms with E-state index in [4.69, 9.17) is 0 Å². The largest absolute Gasteiger partial charge is 0.347 e. The van der Waals surface area contributed by atoms with Gasteiger partial charge in [0, 0.05) is 31.1 Å². The van der Waals surface area contributed by atoms with Crippen molar-refractivity contribution in [2.75, 3.05) is 26.2 Å². The van der Waals surface area contributed by atoms with Crippen LogP contribution in [-0.2, 0) is 4.79 Å². The first kappa shape index (κ1) is 16.5. The predicted octanol–water partition coefficient (Wildman–Crippen LogP) is 2.39. The Hall–Kier alpha value is -0.910. The van der Waals surface area contributed by atoms with Crippen LogP contribution >= 0.6 is 11.3 Å². The van der Waals surface area contributed by atoms with E-state index in [9.17, 15) is 4.79 Å². The zero-order valence-electron chi connectivity index (χ0n) is 13.3. The highest BCUT2D eigenvalue weighted by Crippen LogP contribution is 2.25. The van der Waals surface area contributed by atoms with Gasteiger partial charge in [0.25, 0.3) is 0 Å². The molecule has 1 atom stereocenters. The molecule has 1 aromatic rings. The zero-order valence-corrected chi connectivity index (χ0v) is 14.1. The van der Waals surface area contributed by atoms with E-state index in [2.05, 4.69) is 40.0 Å². The van der Waals surface area contributed by atoms with E-state index in [1.807, 2.05) is 13.8 Å². The van der Waals surface area contributed by atoms with Crippen molar-refractivity contribution in [2.24, 2.45) is 0 Å². The van der Waals surface area contributed by atoms with Crippen LogP contribution in [0.1, 0.15) is 44.5 Å². The number of nitrogens with one attached hydrogen (secondary N) is 2. The number of piperazine rings is 1. The smallest absolute Gasteiger partial charge is 0.240 e. The average Bonchev–Trinajstić information content (AvgIpc) is 3.01. The lowest BCUT2D eigenvalue weighted by molar-refractivity contribution is -0.133. The summed E-state index contributed by atoms with van der Waals surface area (Å²) in [6.45, 7) is 10.0. The number of hydrogen-bond acceptors (Lipinski definition) is 4. The van der Waals surface area contributed by atoms with Gasteiger partial charge in [0.15, 0.2) is 0 Å². The number of hydrogen-bond donors (Lipinski definition) is 2. The Bertz CT molecular complexity index is 438. The lowest BCUT2D eigenvalue weighted by Gasteiger charge is -2.40. The molecule has 0 bridgehead atoms. The molecule has 2 N–H and O–H groups in total. The van der Waals surface area contributed by atoms with Crippen molar-refractivity contribution in [1.29, 1.82) is 0 Å². The molecule has 0 radical (unpaired) electrons. The molecule has 1 saturated heterocycles. The Kier molecular flexibility index (Phi) is 5.79. The van der Waals surface area contributed by atoms with E-state index in [1.165, 1.54) is 4.88 Å². The number of thiophene rings is 1. The monoisotopic (exact) mass is 309 g/mol. The van der Waals surface area contributed by atoms with Crippen LogP contribution in [0.4, 0.5) is 0 Å². The fraction of sp³-hybridized carbons (Fsp3) is 0.688. The van der Waals surface area contributed by atoms with Crippen LogP contribution in [0.15, 0.2) is 17.5 Å². The van der Waals surface area contributed by atoms with Gasteiger partial charge in [-0.05, 0) is 31.7 Å². The second-order valence-corrected chi connectivity index (χ2v) is 7.11. The van der Waals surface area contributed by atoms with Crippen LogP contribution in [-0.4, -0.2) is 42.5 Å². The van der Waals surface area contributed by atoms with Gasteiger partial charge in [-0.1, -0.05) is 19.4 Å². The normalized spacial score (nSPS) is 18.4. The predicted molar refractivity (Wildman–Crippen MR) is 88.6 cm³/mol. The summed E-state index contributed by atoms with van der Waals surface area (Å²) in [5.41, 5.74) is -0.453. The molecule has 5 heteroatoms. The topological polar surface area (TPSA) is 44.4 Å². The summed E-state index contributed by atoms with van der Waals surface area (Å²) in [4.78, 5) is 16.3. The first-order valence-electron chi connectivity index (χ1n) is 7.86. The molecule has 1 aliphatic rings. The molecule has 1 aliphatic heterocycles. The highest BCUT2D eigenvalue weighted by Gasteiger charge is 2.36. The van der Waals surface area contributed by atoms with Crippen molar-refractivity contribution < 1.29 is 4.79 Å². The molecule has 0 saturated carbocycles. The number of carbonyl (C=O) groups excluding carboxylic acids is 1. The summed E-state index contributed by atoms with van der Waals surface area (Å²) in [5.74, 6) is 0.135. The molecule has 1 amide bonds. The van der Waals surface area contributed by atoms with Crippen molar-refractivity contribution in [3.63, 3.8) is 0 Å². The van der Waals surface area contributed by atoms with E-state index < -0.39 is 5.54 Å². The number of amides is 1. The van der Waals surface area contributed by atoms with Crippen LogP contribution < -0.4 is 10.6 Å². The van der Waals surface area contributed by atoms with E-state index in [0.29, 0.717) is 0 Å². The van der Waals surface area contributed by atoms with Crippen molar-refractivity contribution in [1.82, 2.24) is 15.5 Å². The third-order valence-electron chi connectivity index (χ3n) is 4.23. The summed E-state index contributed by atoms with van der Waals surface area (Å²) < 4.78 is 0. The Morgan fingerprint density at radius 2 is 2.19 bits per heavy atom. The van der Waals surface area contributed by atoms with Crippen LogP contribution in [0.5, 0.6) is 0 Å². The summed E-state index contributed by atoms with van der Waals surface area (Å²) in [7, 11) is 0. The Balaban J connectivity index is 2.03. The minimum absolute atomic E-state index is 0.135. The Labute approximate surface area is 131 Å². The lowest BCUT2D eigenvalue weighted by Crippen LogP contribution is -2.60. The van der Waals surface area contributed by atoms with Crippen LogP contribution in [0.3, 0.4) is 0 Å². The molecular formula is C16H27N3OS. The summed E-state index contributed by atoms with van der Waals surface area (Å²) in [6, 6.07) is 4.31.